The number of rotatable bonds is 1. The van der Waals surface area contributed by atoms with E-state index in [1.807, 2.05) is 23.1 Å². The van der Waals surface area contributed by atoms with Crippen molar-refractivity contribution in [1.29, 1.82) is 0 Å². The maximum absolute atomic E-state index is 12.2. The second-order valence-electron chi connectivity index (χ2n) is 4.52. The smallest absolute Gasteiger partial charge is 0.254 e. The van der Waals surface area contributed by atoms with Crippen LogP contribution >= 0.6 is 0 Å². The van der Waals surface area contributed by atoms with E-state index >= 15 is 0 Å². The Morgan fingerprint density at radius 3 is 3.12 bits per heavy atom. The van der Waals surface area contributed by atoms with Crippen LogP contribution < -0.4 is 4.74 Å². The van der Waals surface area contributed by atoms with Gasteiger partial charge in [-0.15, -0.1) is 0 Å². The third-order valence-electron chi connectivity index (χ3n) is 3.64. The van der Waals surface area contributed by atoms with E-state index < -0.39 is 0 Å². The molecule has 0 radical (unpaired) electrons. The van der Waals surface area contributed by atoms with Crippen molar-refractivity contribution >= 4 is 5.91 Å². The van der Waals surface area contributed by atoms with E-state index in [1.54, 1.807) is 7.11 Å². The van der Waals surface area contributed by atoms with Gasteiger partial charge in [0.1, 0.15) is 5.75 Å². The van der Waals surface area contributed by atoms with Gasteiger partial charge in [-0.25, -0.2) is 0 Å². The number of amides is 1. The first-order valence-electron chi connectivity index (χ1n) is 5.77. The van der Waals surface area contributed by atoms with Crippen molar-refractivity contribution in [2.45, 2.75) is 25.3 Å². The maximum Gasteiger partial charge on any atom is 0.254 e. The van der Waals surface area contributed by atoms with Gasteiger partial charge in [0.25, 0.3) is 5.91 Å². The van der Waals surface area contributed by atoms with Crippen LogP contribution in [0.1, 0.15) is 28.8 Å². The molecule has 16 heavy (non-hydrogen) atoms. The van der Waals surface area contributed by atoms with Gasteiger partial charge < -0.3 is 9.64 Å². The van der Waals surface area contributed by atoms with Gasteiger partial charge in [0.05, 0.1) is 7.11 Å². The SMILES string of the molecule is COc1ccc2c(c1)CC1CCCN1C2=O. The Labute approximate surface area is 95.0 Å². The Hall–Kier alpha value is -1.51. The van der Waals surface area contributed by atoms with Crippen LogP contribution in [0.3, 0.4) is 0 Å². The van der Waals surface area contributed by atoms with E-state index in [2.05, 4.69) is 0 Å². The molecule has 84 valence electrons. The minimum atomic E-state index is 0.200. The van der Waals surface area contributed by atoms with Crippen LogP contribution in [0.4, 0.5) is 0 Å². The Balaban J connectivity index is 2.03. The highest BCUT2D eigenvalue weighted by Gasteiger charge is 2.35. The summed E-state index contributed by atoms with van der Waals surface area (Å²) < 4.78 is 5.20. The first kappa shape index (κ1) is 9.70. The number of benzene rings is 1. The summed E-state index contributed by atoms with van der Waals surface area (Å²) in [6, 6.07) is 6.19. The molecule has 1 saturated heterocycles. The highest BCUT2D eigenvalue weighted by molar-refractivity contribution is 5.97. The van der Waals surface area contributed by atoms with Crippen molar-refractivity contribution in [2.75, 3.05) is 13.7 Å². The molecule has 2 heterocycles. The zero-order chi connectivity index (χ0) is 11.1. The standard InChI is InChI=1S/C13H15NO2/c1-16-11-4-5-12-9(8-11)7-10-3-2-6-14(10)13(12)15/h4-5,8,10H,2-3,6-7H2,1H3. The number of ether oxygens (including phenoxy) is 1. The predicted octanol–water partition coefficient (Wildman–Crippen LogP) is 1.86. The monoisotopic (exact) mass is 217 g/mol. The van der Waals surface area contributed by atoms with Gasteiger partial charge in [-0.05, 0) is 43.0 Å². The summed E-state index contributed by atoms with van der Waals surface area (Å²) in [7, 11) is 1.66. The van der Waals surface area contributed by atoms with E-state index in [4.69, 9.17) is 4.74 Å². The largest absolute Gasteiger partial charge is 0.497 e. The maximum atomic E-state index is 12.2. The lowest BCUT2D eigenvalue weighted by Gasteiger charge is -2.31. The number of nitrogens with zero attached hydrogens (tertiary/aromatic N) is 1. The van der Waals surface area contributed by atoms with E-state index in [-0.39, 0.29) is 5.91 Å². The lowest BCUT2D eigenvalue weighted by molar-refractivity contribution is 0.0714. The Morgan fingerprint density at radius 1 is 1.44 bits per heavy atom. The van der Waals surface area contributed by atoms with Gasteiger partial charge in [-0.3, -0.25) is 4.79 Å². The third-order valence-corrected chi connectivity index (χ3v) is 3.64. The minimum Gasteiger partial charge on any atom is -0.497 e. The molecule has 1 fully saturated rings. The van der Waals surface area contributed by atoms with Gasteiger partial charge in [0.2, 0.25) is 0 Å². The van der Waals surface area contributed by atoms with Crippen molar-refractivity contribution in [1.82, 2.24) is 4.90 Å². The molecule has 1 aromatic rings. The van der Waals surface area contributed by atoms with Gasteiger partial charge in [0, 0.05) is 18.2 Å². The summed E-state index contributed by atoms with van der Waals surface area (Å²) in [4.78, 5) is 14.2. The van der Waals surface area contributed by atoms with Gasteiger partial charge in [-0.2, -0.15) is 0 Å². The highest BCUT2D eigenvalue weighted by Crippen LogP contribution is 2.31. The van der Waals surface area contributed by atoms with Gasteiger partial charge in [0.15, 0.2) is 0 Å². The second kappa shape index (κ2) is 3.51. The number of hydrogen-bond donors (Lipinski definition) is 0. The molecular weight excluding hydrogens is 202 g/mol. The van der Waals surface area contributed by atoms with Crippen molar-refractivity contribution in [3.05, 3.63) is 29.3 Å². The van der Waals surface area contributed by atoms with Crippen LogP contribution in [-0.4, -0.2) is 30.5 Å². The van der Waals surface area contributed by atoms with Crippen molar-refractivity contribution in [3.8, 4) is 5.75 Å². The fourth-order valence-corrected chi connectivity index (χ4v) is 2.80. The van der Waals surface area contributed by atoms with Crippen LogP contribution in [0.5, 0.6) is 5.75 Å². The zero-order valence-electron chi connectivity index (χ0n) is 9.40. The molecule has 2 aliphatic rings. The molecule has 0 saturated carbocycles. The van der Waals surface area contributed by atoms with Crippen molar-refractivity contribution in [3.63, 3.8) is 0 Å². The molecule has 1 aromatic carbocycles. The summed E-state index contributed by atoms with van der Waals surface area (Å²) in [5.41, 5.74) is 2.01. The molecule has 1 atom stereocenters. The highest BCUT2D eigenvalue weighted by atomic mass is 16.5. The van der Waals surface area contributed by atoms with Crippen molar-refractivity contribution < 1.29 is 9.53 Å². The normalized spacial score (nSPS) is 22.9. The topological polar surface area (TPSA) is 29.5 Å². The molecule has 1 unspecified atom stereocenters. The fraction of sp³-hybridized carbons (Fsp3) is 0.462. The molecule has 0 bridgehead atoms. The molecule has 2 aliphatic heterocycles. The quantitative estimate of drug-likeness (QED) is 0.718. The molecule has 1 amide bonds. The van der Waals surface area contributed by atoms with E-state index in [9.17, 15) is 4.79 Å². The van der Waals surface area contributed by atoms with E-state index in [1.165, 1.54) is 0 Å². The van der Waals surface area contributed by atoms with E-state index in [0.717, 1.165) is 42.7 Å². The lowest BCUT2D eigenvalue weighted by atomic mass is 9.93. The number of carbonyl (C=O) groups excluding carboxylic acids is 1. The minimum absolute atomic E-state index is 0.200. The van der Waals surface area contributed by atoms with Crippen LogP contribution in [0.2, 0.25) is 0 Å². The Morgan fingerprint density at radius 2 is 2.31 bits per heavy atom. The molecule has 3 heteroatoms. The molecular formula is C13H15NO2. The van der Waals surface area contributed by atoms with Gasteiger partial charge in [-0.1, -0.05) is 0 Å². The number of carbonyl (C=O) groups is 1. The third kappa shape index (κ3) is 1.31. The van der Waals surface area contributed by atoms with Crippen molar-refractivity contribution in [2.24, 2.45) is 0 Å². The average molecular weight is 217 g/mol. The predicted molar refractivity (Wildman–Crippen MR) is 60.8 cm³/mol. The second-order valence-corrected chi connectivity index (χ2v) is 4.52. The van der Waals surface area contributed by atoms with Crippen LogP contribution in [0, 0.1) is 0 Å². The molecule has 3 nitrogen and oxygen atoms in total. The number of hydrogen-bond acceptors (Lipinski definition) is 2. The molecule has 0 aromatic heterocycles. The summed E-state index contributed by atoms with van der Waals surface area (Å²) >= 11 is 0. The molecule has 0 aliphatic carbocycles. The molecule has 0 N–H and O–H groups in total. The van der Waals surface area contributed by atoms with E-state index in [0.29, 0.717) is 6.04 Å². The first-order valence-corrected chi connectivity index (χ1v) is 5.77. The molecule has 0 spiro atoms. The van der Waals surface area contributed by atoms with Crippen LogP contribution in [-0.2, 0) is 6.42 Å². The number of fused-ring (bicyclic) bond motifs is 2. The summed E-state index contributed by atoms with van der Waals surface area (Å²) in [6.45, 7) is 0.926. The zero-order valence-corrected chi connectivity index (χ0v) is 9.40. The van der Waals surface area contributed by atoms with Crippen LogP contribution in [0.15, 0.2) is 18.2 Å². The Kier molecular flexibility index (Phi) is 2.13. The first-order chi connectivity index (χ1) is 7.79. The summed E-state index contributed by atoms with van der Waals surface area (Å²) in [6.07, 6.45) is 3.27. The summed E-state index contributed by atoms with van der Waals surface area (Å²) in [5.74, 6) is 1.05. The average Bonchev–Trinajstić information content (AvgIpc) is 2.77. The van der Waals surface area contributed by atoms with Gasteiger partial charge >= 0.3 is 0 Å². The van der Waals surface area contributed by atoms with Crippen LogP contribution in [0.25, 0.3) is 0 Å². The Bertz CT molecular complexity index is 442. The fourth-order valence-electron chi connectivity index (χ4n) is 2.80. The summed E-state index contributed by atoms with van der Waals surface area (Å²) in [5, 5.41) is 0. The number of methoxy groups -OCH3 is 1. The lowest BCUT2D eigenvalue weighted by Crippen LogP contribution is -2.41. The molecule has 3 rings (SSSR count).